The summed E-state index contributed by atoms with van der Waals surface area (Å²) in [6, 6.07) is 15.0. The molecule has 2 aromatic heterocycles. The van der Waals surface area contributed by atoms with Gasteiger partial charge in [0.25, 0.3) is 11.8 Å². The number of imide groups is 2. The number of fused-ring (bicyclic) bond motifs is 2. The van der Waals surface area contributed by atoms with Crippen molar-refractivity contribution in [2.45, 2.75) is 70.7 Å². The summed E-state index contributed by atoms with van der Waals surface area (Å²) in [4.78, 5) is 79.7. The maximum absolute atomic E-state index is 13.3. The molecule has 0 spiro atoms. The van der Waals surface area contributed by atoms with E-state index < -0.39 is 29.7 Å². The minimum Gasteiger partial charge on any atom is -0.494 e. The first-order chi connectivity index (χ1) is 35.1. The van der Waals surface area contributed by atoms with Crippen LogP contribution in [0.25, 0.3) is 11.0 Å². The Morgan fingerprint density at radius 3 is 2.31 bits per heavy atom. The molecule has 9 rings (SSSR count). The lowest BCUT2D eigenvalue weighted by atomic mass is 10.0. The first-order valence-corrected chi connectivity index (χ1v) is 25.4. The molecule has 20 heteroatoms. The molecule has 0 aliphatic carbocycles. The average Bonchev–Trinajstić information content (AvgIpc) is 3.87. The minimum absolute atomic E-state index is 0.0925. The smallest absolute Gasteiger partial charge is 0.262 e. The summed E-state index contributed by atoms with van der Waals surface area (Å²) in [5, 5.41) is 8.83. The third-order valence-electron chi connectivity index (χ3n) is 14.0. The predicted octanol–water partition coefficient (Wildman–Crippen LogP) is 4.09. The number of rotatable bonds is 16. The summed E-state index contributed by atoms with van der Waals surface area (Å²) in [7, 11) is 1.74. The van der Waals surface area contributed by atoms with Crippen LogP contribution in [-0.2, 0) is 25.7 Å². The highest BCUT2D eigenvalue weighted by atomic mass is 16.5. The van der Waals surface area contributed by atoms with Crippen LogP contribution in [0.3, 0.4) is 0 Å². The number of ether oxygens (including phenoxy) is 3. The Kier molecular flexibility index (Phi) is 16.5. The third-order valence-corrected chi connectivity index (χ3v) is 14.0. The Balaban J connectivity index is 0.666. The quantitative estimate of drug-likeness (QED) is 0.107. The van der Waals surface area contributed by atoms with Crippen LogP contribution in [0.15, 0.2) is 77.0 Å². The number of aromatic nitrogens is 3. The van der Waals surface area contributed by atoms with Crippen molar-refractivity contribution in [3.63, 3.8) is 0 Å². The monoisotopic (exact) mass is 986 g/mol. The van der Waals surface area contributed by atoms with Crippen molar-refractivity contribution in [2.75, 3.05) is 114 Å². The Hall–Kier alpha value is -6.74. The molecule has 0 radical (unpaired) electrons. The second kappa shape index (κ2) is 23.7. The number of carbonyl (C=O) groups is 4. The van der Waals surface area contributed by atoms with Crippen molar-refractivity contribution < 1.29 is 33.4 Å². The highest BCUT2D eigenvalue weighted by Gasteiger charge is 2.45. The lowest BCUT2D eigenvalue weighted by molar-refractivity contribution is -0.136. The van der Waals surface area contributed by atoms with Crippen molar-refractivity contribution in [1.82, 2.24) is 39.9 Å². The second-order valence-corrected chi connectivity index (χ2v) is 19.0. The van der Waals surface area contributed by atoms with Crippen molar-refractivity contribution in [1.29, 1.82) is 0 Å². The Morgan fingerprint density at radius 2 is 1.56 bits per heavy atom. The van der Waals surface area contributed by atoms with Crippen LogP contribution in [-0.4, -0.2) is 176 Å². The molecule has 72 heavy (non-hydrogen) atoms. The van der Waals surface area contributed by atoms with E-state index in [-0.39, 0.29) is 25.0 Å². The normalized spacial score (nSPS) is 22.2. The summed E-state index contributed by atoms with van der Waals surface area (Å²) in [5.74, 6) is 1.12. The number of anilines is 3. The van der Waals surface area contributed by atoms with Gasteiger partial charge in [-0.05, 0) is 88.1 Å². The molecular weight excluding hydrogens is 919 g/mol. The number of carbonyl (C=O) groups excluding carboxylic acids is 4. The van der Waals surface area contributed by atoms with Crippen LogP contribution in [0.2, 0.25) is 0 Å². The van der Waals surface area contributed by atoms with E-state index in [0.717, 1.165) is 124 Å². The van der Waals surface area contributed by atoms with Crippen molar-refractivity contribution in [3.05, 3.63) is 84.0 Å². The molecule has 4 amide bonds. The van der Waals surface area contributed by atoms with Gasteiger partial charge >= 0.3 is 0 Å². The number of piperidine rings is 1. The summed E-state index contributed by atoms with van der Waals surface area (Å²) in [6.45, 7) is 16.2. The van der Waals surface area contributed by atoms with Gasteiger partial charge in [0.05, 0.1) is 48.5 Å². The SMILES string of the molecule is COC1CC\N=C(Nc2cc3c(cn2)nc(COCCN2CCN(c4ccc(OCCCN5CCN(c6ccc7c(c6)C(=O)N(C6CCC(=O)NC6=O)C7=O)CC5)cc4)CC2)n3C(C)C)/C=C\N=C\NCC1. The Morgan fingerprint density at radius 1 is 0.819 bits per heavy atom. The Labute approximate surface area is 420 Å². The largest absolute Gasteiger partial charge is 0.494 e. The molecule has 5 aliphatic rings. The highest BCUT2D eigenvalue weighted by Crippen LogP contribution is 2.31. The van der Waals surface area contributed by atoms with E-state index in [1.807, 2.05) is 18.2 Å². The molecule has 382 valence electrons. The average molecular weight is 986 g/mol. The fourth-order valence-electron chi connectivity index (χ4n) is 9.99. The molecule has 5 aliphatic heterocycles. The third kappa shape index (κ3) is 12.1. The molecule has 20 nitrogen and oxygen atoms in total. The van der Waals surface area contributed by atoms with E-state index in [1.54, 1.807) is 38.0 Å². The van der Waals surface area contributed by atoms with Crippen molar-refractivity contribution in [3.8, 4) is 5.75 Å². The number of imidazole rings is 1. The first-order valence-electron chi connectivity index (χ1n) is 25.4. The van der Waals surface area contributed by atoms with Crippen molar-refractivity contribution >= 4 is 64.0 Å². The standard InChI is InChI=1S/C52H67N13O7/c1-36(2)64-45-32-47(58-46-15-17-54-35-53-16-13-39(70-3)14-18-55-46)56-33-43(45)57-48(64)34-71-30-28-61-22-24-62(25-23-61)37-5-8-40(9-6-37)72-29-4-19-60-20-26-63(27-21-60)38-7-10-41-42(31-38)52(69)65(51(41)68)44-11-12-49(66)59-50(44)67/h5-10,15,17,31-33,35-36,39,44H,4,11-14,16,18-30,34H2,1-3H3,(H,53,54)(H,55,56,58)(H,59,66,67)/b17-15-. The van der Waals surface area contributed by atoms with Crippen LogP contribution in [0.4, 0.5) is 17.2 Å². The van der Waals surface area contributed by atoms with Gasteiger partial charge in [-0.3, -0.25) is 44.2 Å². The number of hydrogen-bond donors (Lipinski definition) is 3. The fourth-order valence-corrected chi connectivity index (χ4v) is 9.99. The van der Waals surface area contributed by atoms with Gasteiger partial charge in [0.2, 0.25) is 11.8 Å². The van der Waals surface area contributed by atoms with E-state index in [1.165, 1.54) is 5.69 Å². The van der Waals surface area contributed by atoms with Gasteiger partial charge in [-0.1, -0.05) is 0 Å². The number of piperazine rings is 2. The van der Waals surface area contributed by atoms with Gasteiger partial charge in [0.15, 0.2) is 0 Å². The fraction of sp³-hybridized carbons (Fsp3) is 0.500. The van der Waals surface area contributed by atoms with Crippen LogP contribution in [0.5, 0.6) is 5.75 Å². The molecule has 0 saturated carbocycles. The molecule has 2 unspecified atom stereocenters. The molecular formula is C52H67N13O7. The summed E-state index contributed by atoms with van der Waals surface area (Å²) >= 11 is 0. The number of hydrogen-bond acceptors (Lipinski definition) is 17. The van der Waals surface area contributed by atoms with E-state index >= 15 is 0 Å². The zero-order chi connectivity index (χ0) is 50.0. The maximum atomic E-state index is 13.3. The molecule has 7 heterocycles. The van der Waals surface area contributed by atoms with E-state index in [4.69, 9.17) is 24.2 Å². The molecule has 2 atom stereocenters. The number of amides is 4. The summed E-state index contributed by atoms with van der Waals surface area (Å²) in [6.07, 6.45) is 10.00. The molecule has 4 aromatic rings. The lowest BCUT2D eigenvalue weighted by Gasteiger charge is -2.36. The van der Waals surface area contributed by atoms with Gasteiger partial charge < -0.3 is 39.2 Å². The highest BCUT2D eigenvalue weighted by molar-refractivity contribution is 6.23. The van der Waals surface area contributed by atoms with E-state index in [0.29, 0.717) is 49.1 Å². The predicted molar refractivity (Wildman–Crippen MR) is 276 cm³/mol. The number of nitrogens with one attached hydrogen (secondary N) is 3. The number of nitrogens with zero attached hydrogens (tertiary/aromatic N) is 10. The van der Waals surface area contributed by atoms with E-state index in [9.17, 15) is 19.2 Å². The van der Waals surface area contributed by atoms with Crippen molar-refractivity contribution in [2.24, 2.45) is 9.98 Å². The maximum Gasteiger partial charge on any atom is 0.262 e. The minimum atomic E-state index is -0.973. The van der Waals surface area contributed by atoms with Crippen LogP contribution < -0.4 is 30.5 Å². The summed E-state index contributed by atoms with van der Waals surface area (Å²) < 4.78 is 20.2. The molecule has 3 fully saturated rings. The number of aliphatic imine (C=N–C) groups is 2. The molecule has 0 bridgehead atoms. The van der Waals surface area contributed by atoms with Gasteiger partial charge in [-0.15, -0.1) is 0 Å². The van der Waals surface area contributed by atoms with Gasteiger partial charge in [0.1, 0.15) is 41.4 Å². The van der Waals surface area contributed by atoms with Crippen LogP contribution in [0, 0.1) is 0 Å². The first kappa shape index (κ1) is 50.2. The molecule has 2 aromatic carbocycles. The second-order valence-electron chi connectivity index (χ2n) is 19.0. The zero-order valence-corrected chi connectivity index (χ0v) is 41.6. The topological polar surface area (TPSA) is 204 Å². The van der Waals surface area contributed by atoms with Crippen LogP contribution >= 0.6 is 0 Å². The number of benzene rings is 2. The molecule has 3 saturated heterocycles. The number of methoxy groups -OCH3 is 1. The molecule has 3 N–H and O–H groups in total. The zero-order valence-electron chi connectivity index (χ0n) is 41.6. The lowest BCUT2D eigenvalue weighted by Crippen LogP contribution is -2.54. The number of pyridine rings is 1. The van der Waals surface area contributed by atoms with Gasteiger partial charge in [-0.2, -0.15) is 0 Å². The van der Waals surface area contributed by atoms with Gasteiger partial charge in [0, 0.05) is 122 Å². The van der Waals surface area contributed by atoms with Gasteiger partial charge in [-0.25, -0.2) is 15.0 Å². The number of amidine groups is 1. The Bertz CT molecular complexity index is 2650. The van der Waals surface area contributed by atoms with E-state index in [2.05, 4.69) is 88.2 Å². The van der Waals surface area contributed by atoms with Crippen LogP contribution in [0.1, 0.15) is 78.5 Å². The summed E-state index contributed by atoms with van der Waals surface area (Å²) in [5.41, 5.74) is 4.48.